The minimum atomic E-state index is -0.826. The van der Waals surface area contributed by atoms with E-state index in [1.54, 1.807) is 0 Å². The summed E-state index contributed by atoms with van der Waals surface area (Å²) in [5, 5.41) is 2.34. The molecule has 1 heterocycles. The van der Waals surface area contributed by atoms with Gasteiger partial charge in [-0.25, -0.2) is 9.59 Å². The van der Waals surface area contributed by atoms with E-state index in [4.69, 9.17) is 0 Å². The van der Waals surface area contributed by atoms with Gasteiger partial charge in [0.1, 0.15) is 19.1 Å². The van der Waals surface area contributed by atoms with Crippen molar-refractivity contribution in [2.24, 2.45) is 0 Å². The van der Waals surface area contributed by atoms with E-state index in [0.717, 1.165) is 4.90 Å². The topological polar surface area (TPSA) is 96.0 Å². The van der Waals surface area contributed by atoms with E-state index >= 15 is 0 Å². The van der Waals surface area contributed by atoms with Crippen molar-refractivity contribution in [2.75, 3.05) is 27.2 Å². The molecule has 0 aromatic heterocycles. The van der Waals surface area contributed by atoms with Crippen molar-refractivity contribution >= 4 is 23.8 Å². The Balaban J connectivity index is 2.53. The van der Waals surface area contributed by atoms with Crippen molar-refractivity contribution < 1.29 is 23.9 Å². The third kappa shape index (κ3) is 2.96. The molecule has 1 saturated heterocycles. The Morgan fingerprint density at radius 2 is 2.06 bits per heavy atom. The second-order valence-electron chi connectivity index (χ2n) is 3.93. The first-order valence-electron chi connectivity index (χ1n) is 5.29. The highest BCUT2D eigenvalue weighted by molar-refractivity contribution is 6.04. The Hall–Kier alpha value is -2.12. The van der Waals surface area contributed by atoms with Gasteiger partial charge in [0.25, 0.3) is 5.91 Å². The van der Waals surface area contributed by atoms with E-state index in [9.17, 15) is 19.2 Å². The molecule has 4 amide bonds. The predicted molar refractivity (Wildman–Crippen MR) is 59.4 cm³/mol. The van der Waals surface area contributed by atoms with Gasteiger partial charge in [0.05, 0.1) is 7.11 Å². The lowest BCUT2D eigenvalue weighted by Gasteiger charge is -2.16. The Morgan fingerprint density at radius 3 is 2.50 bits per heavy atom. The average Bonchev–Trinajstić information content (AvgIpc) is 2.54. The number of ether oxygens (including phenoxy) is 1. The zero-order chi connectivity index (χ0) is 13.9. The van der Waals surface area contributed by atoms with E-state index in [1.165, 1.54) is 26.0 Å². The first kappa shape index (κ1) is 13.9. The van der Waals surface area contributed by atoms with Crippen LogP contribution in [-0.4, -0.2) is 66.9 Å². The lowest BCUT2D eigenvalue weighted by Crippen LogP contribution is -2.46. The summed E-state index contributed by atoms with van der Waals surface area (Å²) in [4.78, 5) is 47.5. The van der Waals surface area contributed by atoms with E-state index in [-0.39, 0.29) is 6.54 Å². The number of hydrogen-bond acceptors (Lipinski definition) is 5. The molecule has 0 saturated carbocycles. The summed E-state index contributed by atoms with van der Waals surface area (Å²) >= 11 is 0. The molecular weight excluding hydrogens is 242 g/mol. The minimum absolute atomic E-state index is 0.0430. The van der Waals surface area contributed by atoms with E-state index in [0.29, 0.717) is 0 Å². The number of imide groups is 1. The first-order valence-corrected chi connectivity index (χ1v) is 5.29. The fourth-order valence-corrected chi connectivity index (χ4v) is 1.49. The highest BCUT2D eigenvalue weighted by atomic mass is 16.5. The number of hydrogen-bond donors (Lipinski definition) is 1. The van der Waals surface area contributed by atoms with Gasteiger partial charge in [-0.05, 0) is 6.92 Å². The summed E-state index contributed by atoms with van der Waals surface area (Å²) < 4.78 is 4.43. The molecule has 1 fully saturated rings. The highest BCUT2D eigenvalue weighted by Gasteiger charge is 2.35. The summed E-state index contributed by atoms with van der Waals surface area (Å²) in [7, 11) is 2.67. The number of urea groups is 1. The van der Waals surface area contributed by atoms with E-state index in [1.807, 2.05) is 0 Å². The van der Waals surface area contributed by atoms with Crippen molar-refractivity contribution in [3.63, 3.8) is 0 Å². The molecule has 0 aliphatic carbocycles. The van der Waals surface area contributed by atoms with Crippen LogP contribution in [0.4, 0.5) is 4.79 Å². The summed E-state index contributed by atoms with van der Waals surface area (Å²) in [5.41, 5.74) is 0. The van der Waals surface area contributed by atoms with Gasteiger partial charge < -0.3 is 15.0 Å². The lowest BCUT2D eigenvalue weighted by molar-refractivity contribution is -0.144. The smallest absolute Gasteiger partial charge is 0.328 e. The SMILES string of the molecule is COC(=O)C(C)NC(=O)CN1C(=O)CN(C)C1=O. The van der Waals surface area contributed by atoms with Crippen molar-refractivity contribution in [3.8, 4) is 0 Å². The molecule has 1 aliphatic heterocycles. The normalized spacial score (nSPS) is 16.8. The van der Waals surface area contributed by atoms with Crippen molar-refractivity contribution in [3.05, 3.63) is 0 Å². The van der Waals surface area contributed by atoms with Crippen molar-refractivity contribution in [1.82, 2.24) is 15.1 Å². The number of methoxy groups -OCH3 is 1. The molecule has 8 nitrogen and oxygen atoms in total. The zero-order valence-electron chi connectivity index (χ0n) is 10.4. The molecule has 0 aromatic carbocycles. The standard InChI is InChI=1S/C10H15N3O5/c1-6(9(16)18-3)11-7(14)4-13-8(15)5-12(2)10(13)17/h6H,4-5H2,1-3H3,(H,11,14). The molecule has 18 heavy (non-hydrogen) atoms. The molecule has 1 aliphatic rings. The number of nitrogens with zero attached hydrogens (tertiary/aromatic N) is 2. The predicted octanol–water partition coefficient (Wildman–Crippen LogP) is -1.44. The molecule has 0 spiro atoms. The maximum Gasteiger partial charge on any atom is 0.328 e. The Morgan fingerprint density at radius 1 is 1.44 bits per heavy atom. The average molecular weight is 257 g/mol. The zero-order valence-corrected chi connectivity index (χ0v) is 10.4. The van der Waals surface area contributed by atoms with Crippen LogP contribution < -0.4 is 5.32 Å². The number of amides is 4. The maximum absolute atomic E-state index is 11.5. The molecule has 8 heteroatoms. The second-order valence-corrected chi connectivity index (χ2v) is 3.93. The number of carbonyl (C=O) groups excluding carboxylic acids is 4. The van der Waals surface area contributed by atoms with Crippen LogP contribution in [0.15, 0.2) is 0 Å². The van der Waals surface area contributed by atoms with Crippen LogP contribution in [0.2, 0.25) is 0 Å². The monoisotopic (exact) mass is 257 g/mol. The summed E-state index contributed by atoms with van der Waals surface area (Å²) in [5.74, 6) is -1.63. The Bertz CT molecular complexity index is 395. The van der Waals surface area contributed by atoms with Gasteiger partial charge in [-0.3, -0.25) is 14.5 Å². The molecule has 100 valence electrons. The van der Waals surface area contributed by atoms with Gasteiger partial charge >= 0.3 is 12.0 Å². The molecule has 0 bridgehead atoms. The minimum Gasteiger partial charge on any atom is -0.467 e. The quantitative estimate of drug-likeness (QED) is 0.491. The molecular formula is C10H15N3O5. The highest BCUT2D eigenvalue weighted by Crippen LogP contribution is 2.06. The fourth-order valence-electron chi connectivity index (χ4n) is 1.49. The number of likely N-dealkylation sites (N-methyl/N-ethyl adjacent to an activating group) is 1. The third-order valence-electron chi connectivity index (χ3n) is 2.46. The number of nitrogens with one attached hydrogen (secondary N) is 1. The van der Waals surface area contributed by atoms with Crippen LogP contribution in [-0.2, 0) is 19.1 Å². The summed E-state index contributed by atoms with van der Waals surface area (Å²) in [6.07, 6.45) is 0. The van der Waals surface area contributed by atoms with E-state index in [2.05, 4.69) is 10.1 Å². The van der Waals surface area contributed by atoms with Gasteiger partial charge in [0, 0.05) is 7.05 Å². The lowest BCUT2D eigenvalue weighted by atomic mass is 10.3. The van der Waals surface area contributed by atoms with Crippen molar-refractivity contribution in [1.29, 1.82) is 0 Å². The summed E-state index contributed by atoms with van der Waals surface area (Å²) in [6, 6.07) is -1.35. The van der Waals surface area contributed by atoms with Crippen molar-refractivity contribution in [2.45, 2.75) is 13.0 Å². The van der Waals surface area contributed by atoms with Crippen LogP contribution in [0.5, 0.6) is 0 Å². The number of esters is 1. The van der Waals surface area contributed by atoms with Gasteiger partial charge in [0.15, 0.2) is 0 Å². The van der Waals surface area contributed by atoms with Crippen LogP contribution in [0.3, 0.4) is 0 Å². The van der Waals surface area contributed by atoms with Gasteiger partial charge in [-0.1, -0.05) is 0 Å². The number of carbonyl (C=O) groups is 4. The summed E-state index contributed by atoms with van der Waals surface area (Å²) in [6.45, 7) is 1.01. The third-order valence-corrected chi connectivity index (χ3v) is 2.46. The Kier molecular flexibility index (Phi) is 4.24. The Labute approximate surface area is 104 Å². The van der Waals surface area contributed by atoms with Gasteiger partial charge in [-0.2, -0.15) is 0 Å². The van der Waals surface area contributed by atoms with Gasteiger partial charge in [-0.15, -0.1) is 0 Å². The molecule has 1 rings (SSSR count). The van der Waals surface area contributed by atoms with Crippen LogP contribution in [0.1, 0.15) is 6.92 Å². The second kappa shape index (κ2) is 5.48. The molecule has 1 N–H and O–H groups in total. The number of rotatable bonds is 4. The molecule has 1 atom stereocenters. The molecule has 0 radical (unpaired) electrons. The van der Waals surface area contributed by atoms with E-state index < -0.39 is 36.4 Å². The van der Waals surface area contributed by atoms with Crippen LogP contribution in [0, 0.1) is 0 Å². The van der Waals surface area contributed by atoms with Crippen LogP contribution >= 0.6 is 0 Å². The van der Waals surface area contributed by atoms with Gasteiger partial charge in [0.2, 0.25) is 5.91 Å². The largest absolute Gasteiger partial charge is 0.467 e. The maximum atomic E-state index is 11.5. The first-order chi connectivity index (χ1) is 8.36. The van der Waals surface area contributed by atoms with Crippen LogP contribution in [0.25, 0.3) is 0 Å². The fraction of sp³-hybridized carbons (Fsp3) is 0.600. The molecule has 1 unspecified atom stereocenters. The molecule has 0 aromatic rings.